The Labute approximate surface area is 366 Å². The van der Waals surface area contributed by atoms with Crippen LogP contribution in [0.1, 0.15) is 13.4 Å². The maximum absolute atomic E-state index is 13.5. The summed E-state index contributed by atoms with van der Waals surface area (Å²) in [6.45, 7) is 6.73. The second kappa shape index (κ2) is 23.9. The molecule has 7 rings (SSSR count). The van der Waals surface area contributed by atoms with Crippen molar-refractivity contribution in [1.29, 1.82) is 0 Å². The van der Waals surface area contributed by atoms with Gasteiger partial charge in [0.15, 0.2) is 23.0 Å². The minimum atomic E-state index is -0.475. The summed E-state index contributed by atoms with van der Waals surface area (Å²) in [6.07, 6.45) is 9.35. The fraction of sp³-hybridized carbons (Fsp3) is 0.318. The van der Waals surface area contributed by atoms with E-state index in [1.807, 2.05) is 48.5 Å². The quantitative estimate of drug-likeness (QED) is 0.0902. The molecular formula is C44H48Cl2FN7O7. The van der Waals surface area contributed by atoms with Crippen LogP contribution in [0.4, 0.5) is 27.4 Å². The van der Waals surface area contributed by atoms with Crippen LogP contribution in [0.2, 0.25) is 5.02 Å². The van der Waals surface area contributed by atoms with Crippen molar-refractivity contribution in [3.8, 4) is 35.3 Å². The summed E-state index contributed by atoms with van der Waals surface area (Å²) in [6, 6.07) is 19.3. The molecule has 0 radical (unpaired) electrons. The van der Waals surface area contributed by atoms with E-state index in [4.69, 9.17) is 51.2 Å². The lowest BCUT2D eigenvalue weighted by atomic mass is 10.2. The van der Waals surface area contributed by atoms with Crippen LogP contribution in [0.15, 0.2) is 79.4 Å². The van der Waals surface area contributed by atoms with Crippen LogP contribution in [-0.4, -0.2) is 112 Å². The Hall–Kier alpha value is -5.73. The third-order valence-corrected chi connectivity index (χ3v) is 9.46. The van der Waals surface area contributed by atoms with Gasteiger partial charge in [0.05, 0.1) is 56.2 Å². The highest BCUT2D eigenvalue weighted by Crippen LogP contribution is 2.36. The molecule has 4 aromatic carbocycles. The second-order valence-corrected chi connectivity index (χ2v) is 13.6. The summed E-state index contributed by atoms with van der Waals surface area (Å²) in [5.74, 6) is 5.75. The molecule has 14 nitrogen and oxygen atoms in total. The summed E-state index contributed by atoms with van der Waals surface area (Å²) in [5, 5.41) is 8.06. The first-order valence-electron chi connectivity index (χ1n) is 19.2. The number of fused-ring (bicyclic) bond motifs is 2. The molecule has 0 saturated carbocycles. The van der Waals surface area contributed by atoms with Gasteiger partial charge in [-0.1, -0.05) is 23.6 Å². The van der Waals surface area contributed by atoms with E-state index in [0.29, 0.717) is 78.9 Å². The summed E-state index contributed by atoms with van der Waals surface area (Å²) in [7, 11) is 4.85. The molecule has 17 heteroatoms. The Kier molecular flexibility index (Phi) is 18.2. The zero-order chi connectivity index (χ0) is 42.1. The van der Waals surface area contributed by atoms with Crippen molar-refractivity contribution < 1.29 is 51.4 Å². The predicted molar refractivity (Wildman–Crippen MR) is 231 cm³/mol. The zero-order valence-electron chi connectivity index (χ0n) is 35.1. The van der Waals surface area contributed by atoms with E-state index in [-0.39, 0.29) is 18.9 Å². The lowest BCUT2D eigenvalue weighted by Gasteiger charge is -2.26. The predicted octanol–water partition coefficient (Wildman–Crippen LogP) is 4.80. The number of rotatable bonds is 18. The molecular weight excluding hydrogens is 828 g/mol. The lowest BCUT2D eigenvalue weighted by Crippen LogP contribution is -3.00. The Morgan fingerprint density at radius 3 is 1.90 bits per heavy atom. The van der Waals surface area contributed by atoms with Gasteiger partial charge in [0.1, 0.15) is 43.3 Å². The van der Waals surface area contributed by atoms with Crippen LogP contribution in [-0.2, 0) is 14.2 Å². The van der Waals surface area contributed by atoms with Crippen molar-refractivity contribution in [2.24, 2.45) is 0 Å². The molecule has 0 bridgehead atoms. The van der Waals surface area contributed by atoms with Crippen LogP contribution in [0.25, 0.3) is 21.8 Å². The van der Waals surface area contributed by atoms with E-state index in [1.54, 1.807) is 27.4 Å². The topological polar surface area (TPSA) is 143 Å². The van der Waals surface area contributed by atoms with Gasteiger partial charge in [0.25, 0.3) is 0 Å². The second-order valence-electron chi connectivity index (χ2n) is 13.2. The summed E-state index contributed by atoms with van der Waals surface area (Å²) < 4.78 is 52.2. The molecule has 6 aromatic rings. The average Bonchev–Trinajstić information content (AvgIpc) is 3.27. The number of halogens is 3. The Morgan fingerprint density at radius 1 is 0.738 bits per heavy atom. The Bertz CT molecular complexity index is 2390. The average molecular weight is 877 g/mol. The monoisotopic (exact) mass is 875 g/mol. The van der Waals surface area contributed by atoms with E-state index in [9.17, 15) is 4.39 Å². The number of morpholine rings is 1. The van der Waals surface area contributed by atoms with Crippen LogP contribution in [0, 0.1) is 18.2 Å². The number of nitrogens with zero attached hydrogens (tertiary/aromatic N) is 5. The van der Waals surface area contributed by atoms with Crippen LogP contribution < -0.4 is 42.0 Å². The van der Waals surface area contributed by atoms with Gasteiger partial charge in [-0.25, -0.2) is 24.3 Å². The number of nitrogens with one attached hydrogen (secondary N) is 2. The normalized spacial score (nSPS) is 12.4. The maximum Gasteiger partial charge on any atom is 1.00 e. The van der Waals surface area contributed by atoms with Crippen molar-refractivity contribution in [3.05, 3.63) is 95.8 Å². The zero-order valence-corrected chi connectivity index (χ0v) is 35.6. The molecule has 61 heavy (non-hydrogen) atoms. The number of hydrogen-bond acceptors (Lipinski definition) is 14. The number of ether oxygens (including phenoxy) is 7. The molecule has 0 spiro atoms. The number of benzene rings is 4. The molecule has 0 amide bonds. The van der Waals surface area contributed by atoms with Crippen LogP contribution in [0.5, 0.6) is 23.0 Å². The smallest absolute Gasteiger partial charge is 1.00 e. The molecule has 1 fully saturated rings. The molecule has 1 saturated heterocycles. The molecule has 322 valence electrons. The fourth-order valence-corrected chi connectivity index (χ4v) is 6.30. The van der Waals surface area contributed by atoms with Gasteiger partial charge < -0.3 is 56.2 Å². The van der Waals surface area contributed by atoms with Gasteiger partial charge in [-0.3, -0.25) is 4.90 Å². The molecule has 2 aromatic heterocycles. The third kappa shape index (κ3) is 13.1. The van der Waals surface area contributed by atoms with Crippen LogP contribution in [0.3, 0.4) is 0 Å². The number of terminal acetylenes is 1. The standard InChI is InChI=1S/C22H24ClFN4O3.C22H23N3O4.ClH/c1-29-20-13-19-16(12-21(20)31-8-2-5-28-6-9-30-10-7-28)22(26-14-25-19)27-15-3-4-18(24)17(23)11-15;1-4-16-6-5-7-17(12-16)25-22-18-13-20(28-10-8-26-2)21(29-11-9-27-3)14-19(18)23-15-24-22;/h3-4,11-14H,2,5-10H2,1H3,(H,25,26,27);1,5-7,12-15H,8-11H2,2-3H3,(H,23,24,25);1H. The van der Waals surface area contributed by atoms with Gasteiger partial charge in [-0.15, -0.1) is 6.42 Å². The largest absolute Gasteiger partial charge is 1.00 e. The third-order valence-electron chi connectivity index (χ3n) is 9.17. The summed E-state index contributed by atoms with van der Waals surface area (Å²) in [5.41, 5.74) is 3.66. The first-order chi connectivity index (χ1) is 29.4. The summed E-state index contributed by atoms with van der Waals surface area (Å²) in [4.78, 5) is 19.8. The minimum absolute atomic E-state index is 0. The van der Waals surface area contributed by atoms with Crippen molar-refractivity contribution in [3.63, 3.8) is 0 Å². The van der Waals surface area contributed by atoms with Crippen LogP contribution >= 0.6 is 11.6 Å². The maximum atomic E-state index is 13.5. The van der Waals surface area contributed by atoms with E-state index in [0.717, 1.165) is 66.8 Å². The number of anilines is 4. The van der Waals surface area contributed by atoms with Crippen molar-refractivity contribution >= 4 is 56.4 Å². The number of aromatic nitrogens is 4. The van der Waals surface area contributed by atoms with Gasteiger partial charge >= 0.3 is 1.43 Å². The Morgan fingerprint density at radius 2 is 1.31 bits per heavy atom. The molecule has 0 aliphatic carbocycles. The Balaban J connectivity index is 0.000000265. The molecule has 1 aliphatic heterocycles. The minimum Gasteiger partial charge on any atom is -1.00 e. The first-order valence-corrected chi connectivity index (χ1v) is 19.6. The van der Waals surface area contributed by atoms with E-state index in [2.05, 4.69) is 41.4 Å². The van der Waals surface area contributed by atoms with Gasteiger partial charge in [0.2, 0.25) is 0 Å². The highest BCUT2D eigenvalue weighted by atomic mass is 35.5. The number of hydrogen-bond donors (Lipinski definition) is 2. The molecule has 3 heterocycles. The molecule has 2 N–H and O–H groups in total. The molecule has 0 atom stereocenters. The van der Waals surface area contributed by atoms with Crippen molar-refractivity contribution in [2.45, 2.75) is 6.42 Å². The van der Waals surface area contributed by atoms with E-state index < -0.39 is 5.82 Å². The molecule has 1 aliphatic rings. The van der Waals surface area contributed by atoms with E-state index >= 15 is 0 Å². The van der Waals surface area contributed by atoms with Crippen molar-refractivity contribution in [2.75, 3.05) is 97.8 Å². The summed E-state index contributed by atoms with van der Waals surface area (Å²) >= 11 is 5.90. The SMILES string of the molecule is C#Cc1cccc(Nc2ncnc3cc(OCCOC)c(OCCOC)cc23)c1.COc1cc2ncnc(Nc3ccc(F)c(Cl)c3)c2cc1OCCCN1CCOCC1.[Cl-].[H+]. The van der Waals surface area contributed by atoms with Gasteiger partial charge in [-0.05, 0) is 55.0 Å². The van der Waals surface area contributed by atoms with Gasteiger partial charge in [0, 0.05) is 73.7 Å². The lowest BCUT2D eigenvalue weighted by molar-refractivity contribution is -0.0000157. The van der Waals surface area contributed by atoms with E-state index in [1.165, 1.54) is 24.8 Å². The van der Waals surface area contributed by atoms with Gasteiger partial charge in [-0.2, -0.15) is 0 Å². The number of methoxy groups -OCH3 is 3. The van der Waals surface area contributed by atoms with Crippen molar-refractivity contribution in [1.82, 2.24) is 24.8 Å². The highest BCUT2D eigenvalue weighted by Gasteiger charge is 2.15. The fourth-order valence-electron chi connectivity index (χ4n) is 6.12. The first kappa shape index (κ1) is 46.3. The molecule has 0 unspecified atom stereocenters. The highest BCUT2D eigenvalue weighted by molar-refractivity contribution is 6.31.